The van der Waals surface area contributed by atoms with E-state index in [0.29, 0.717) is 24.6 Å². The third kappa shape index (κ3) is 7.42. The molecule has 0 amide bonds. The molecule has 0 aliphatic heterocycles. The van der Waals surface area contributed by atoms with E-state index in [-0.39, 0.29) is 11.7 Å². The molecule has 0 aromatic carbocycles. The van der Waals surface area contributed by atoms with Crippen molar-refractivity contribution in [3.8, 4) is 5.88 Å². The highest BCUT2D eigenvalue weighted by Crippen LogP contribution is 2.17. The van der Waals surface area contributed by atoms with Gasteiger partial charge in [-0.25, -0.2) is 9.37 Å². The van der Waals surface area contributed by atoms with Crippen molar-refractivity contribution >= 4 is 0 Å². The highest BCUT2D eigenvalue weighted by molar-refractivity contribution is 5.23. The van der Waals surface area contributed by atoms with Gasteiger partial charge in [-0.2, -0.15) is 0 Å². The zero-order chi connectivity index (χ0) is 15.5. The fraction of sp³-hybridized carbons (Fsp3) is 0.706. The molecule has 120 valence electrons. The molecule has 0 bridgehead atoms. The Labute approximate surface area is 128 Å². The van der Waals surface area contributed by atoms with Crippen LogP contribution in [0.5, 0.6) is 5.88 Å². The third-order valence-electron chi connectivity index (χ3n) is 3.29. The van der Waals surface area contributed by atoms with Crippen LogP contribution in [-0.2, 0) is 6.54 Å². The summed E-state index contributed by atoms with van der Waals surface area (Å²) in [7, 11) is 0. The Morgan fingerprint density at radius 1 is 1.24 bits per heavy atom. The van der Waals surface area contributed by atoms with Gasteiger partial charge in [0.1, 0.15) is 0 Å². The SMILES string of the molecule is CCCCCCCOc1nccc(CNCC(C)C)c1F. The zero-order valence-electron chi connectivity index (χ0n) is 13.6. The third-order valence-corrected chi connectivity index (χ3v) is 3.29. The maximum Gasteiger partial charge on any atom is 0.250 e. The number of pyridine rings is 1. The Bertz CT molecular complexity index is 396. The molecule has 0 atom stereocenters. The van der Waals surface area contributed by atoms with Gasteiger partial charge in [-0.3, -0.25) is 0 Å². The van der Waals surface area contributed by atoms with Crippen LogP contribution in [0.15, 0.2) is 12.3 Å². The quantitative estimate of drug-likeness (QED) is 0.618. The van der Waals surface area contributed by atoms with Crippen molar-refractivity contribution < 1.29 is 9.13 Å². The summed E-state index contributed by atoms with van der Waals surface area (Å²) in [4.78, 5) is 3.99. The van der Waals surface area contributed by atoms with Crippen molar-refractivity contribution in [2.75, 3.05) is 13.2 Å². The molecule has 1 aromatic rings. The lowest BCUT2D eigenvalue weighted by atomic mass is 10.2. The Morgan fingerprint density at radius 2 is 2.00 bits per heavy atom. The molecule has 0 saturated carbocycles. The van der Waals surface area contributed by atoms with E-state index in [0.717, 1.165) is 19.4 Å². The first-order chi connectivity index (χ1) is 10.1. The summed E-state index contributed by atoms with van der Waals surface area (Å²) in [5.74, 6) is 0.352. The summed E-state index contributed by atoms with van der Waals surface area (Å²) >= 11 is 0. The van der Waals surface area contributed by atoms with Crippen LogP contribution in [0.25, 0.3) is 0 Å². The first-order valence-electron chi connectivity index (χ1n) is 8.12. The second-order valence-electron chi connectivity index (χ2n) is 5.88. The summed E-state index contributed by atoms with van der Waals surface area (Å²) < 4.78 is 19.7. The molecule has 0 aliphatic rings. The Balaban J connectivity index is 2.37. The maximum absolute atomic E-state index is 14.2. The van der Waals surface area contributed by atoms with E-state index >= 15 is 0 Å². The van der Waals surface area contributed by atoms with Gasteiger partial charge in [-0.05, 0) is 24.9 Å². The number of rotatable bonds is 11. The van der Waals surface area contributed by atoms with Crippen molar-refractivity contribution in [3.63, 3.8) is 0 Å². The van der Waals surface area contributed by atoms with Crippen LogP contribution in [-0.4, -0.2) is 18.1 Å². The average molecular weight is 296 g/mol. The molecule has 0 unspecified atom stereocenters. The number of nitrogens with one attached hydrogen (secondary N) is 1. The Kier molecular flexibility index (Phi) is 8.99. The minimum absolute atomic E-state index is 0.134. The number of aromatic nitrogens is 1. The van der Waals surface area contributed by atoms with Crippen LogP contribution < -0.4 is 10.1 Å². The second kappa shape index (κ2) is 10.6. The van der Waals surface area contributed by atoms with Crippen molar-refractivity contribution in [1.29, 1.82) is 0 Å². The molecule has 0 spiro atoms. The van der Waals surface area contributed by atoms with Gasteiger partial charge in [-0.1, -0.05) is 46.5 Å². The highest BCUT2D eigenvalue weighted by Gasteiger charge is 2.10. The van der Waals surface area contributed by atoms with E-state index in [1.807, 2.05) is 0 Å². The predicted molar refractivity (Wildman–Crippen MR) is 85.0 cm³/mol. The summed E-state index contributed by atoms with van der Waals surface area (Å²) in [5, 5.41) is 3.24. The van der Waals surface area contributed by atoms with Crippen LogP contribution in [0.1, 0.15) is 58.4 Å². The summed E-state index contributed by atoms with van der Waals surface area (Å²) in [6.07, 6.45) is 7.39. The molecule has 0 aliphatic carbocycles. The van der Waals surface area contributed by atoms with Crippen molar-refractivity contribution in [3.05, 3.63) is 23.6 Å². The van der Waals surface area contributed by atoms with Gasteiger partial charge in [0.25, 0.3) is 5.88 Å². The summed E-state index contributed by atoms with van der Waals surface area (Å²) in [5.41, 5.74) is 0.617. The number of hydrogen-bond donors (Lipinski definition) is 1. The zero-order valence-corrected chi connectivity index (χ0v) is 13.6. The molecule has 3 nitrogen and oxygen atoms in total. The van der Waals surface area contributed by atoms with E-state index in [1.54, 1.807) is 12.3 Å². The maximum atomic E-state index is 14.2. The van der Waals surface area contributed by atoms with Gasteiger partial charge in [0.15, 0.2) is 5.82 Å². The molecule has 1 heterocycles. The molecule has 4 heteroatoms. The largest absolute Gasteiger partial charge is 0.476 e. The van der Waals surface area contributed by atoms with E-state index < -0.39 is 0 Å². The smallest absolute Gasteiger partial charge is 0.250 e. The molecule has 0 saturated heterocycles. The number of nitrogens with zero attached hydrogens (tertiary/aromatic N) is 1. The Hall–Kier alpha value is -1.16. The standard InChI is InChI=1S/C17H29FN2O/c1-4-5-6-7-8-11-21-17-16(18)15(9-10-20-17)13-19-12-14(2)3/h9-10,14,19H,4-8,11-13H2,1-3H3. The van der Waals surface area contributed by atoms with Gasteiger partial charge in [0.2, 0.25) is 0 Å². The van der Waals surface area contributed by atoms with Gasteiger partial charge >= 0.3 is 0 Å². The molecule has 1 rings (SSSR count). The lowest BCUT2D eigenvalue weighted by molar-refractivity contribution is 0.276. The molecule has 1 N–H and O–H groups in total. The number of unbranched alkanes of at least 4 members (excludes halogenated alkanes) is 4. The fourth-order valence-electron chi connectivity index (χ4n) is 2.07. The summed E-state index contributed by atoms with van der Waals surface area (Å²) in [6.45, 7) is 8.37. The first kappa shape index (κ1) is 17.9. The van der Waals surface area contributed by atoms with Crippen molar-refractivity contribution in [2.45, 2.75) is 59.4 Å². The van der Waals surface area contributed by atoms with Crippen molar-refractivity contribution in [1.82, 2.24) is 10.3 Å². The van der Waals surface area contributed by atoms with E-state index in [1.165, 1.54) is 19.3 Å². The fourth-order valence-corrected chi connectivity index (χ4v) is 2.07. The van der Waals surface area contributed by atoms with Crippen LogP contribution in [0.4, 0.5) is 4.39 Å². The monoisotopic (exact) mass is 296 g/mol. The van der Waals surface area contributed by atoms with Crippen molar-refractivity contribution in [2.24, 2.45) is 5.92 Å². The number of ether oxygens (including phenoxy) is 1. The lowest BCUT2D eigenvalue weighted by Gasteiger charge is -2.11. The normalized spacial score (nSPS) is 11.1. The van der Waals surface area contributed by atoms with Crippen LogP contribution >= 0.6 is 0 Å². The van der Waals surface area contributed by atoms with Gasteiger partial charge < -0.3 is 10.1 Å². The summed E-state index contributed by atoms with van der Waals surface area (Å²) in [6, 6.07) is 1.71. The van der Waals surface area contributed by atoms with Gasteiger partial charge in [0.05, 0.1) is 6.61 Å². The topological polar surface area (TPSA) is 34.1 Å². The second-order valence-corrected chi connectivity index (χ2v) is 5.88. The van der Waals surface area contributed by atoms with E-state index in [2.05, 4.69) is 31.1 Å². The highest BCUT2D eigenvalue weighted by atomic mass is 19.1. The molecular weight excluding hydrogens is 267 g/mol. The van der Waals surface area contributed by atoms with Crippen LogP contribution in [0, 0.1) is 11.7 Å². The minimum Gasteiger partial charge on any atom is -0.476 e. The molecular formula is C17H29FN2O. The first-order valence-corrected chi connectivity index (χ1v) is 8.12. The van der Waals surface area contributed by atoms with E-state index in [4.69, 9.17) is 4.74 Å². The predicted octanol–water partition coefficient (Wildman–Crippen LogP) is 4.32. The molecule has 1 aromatic heterocycles. The van der Waals surface area contributed by atoms with Gasteiger partial charge in [0, 0.05) is 18.3 Å². The number of hydrogen-bond acceptors (Lipinski definition) is 3. The van der Waals surface area contributed by atoms with Gasteiger partial charge in [-0.15, -0.1) is 0 Å². The molecule has 21 heavy (non-hydrogen) atoms. The van der Waals surface area contributed by atoms with E-state index in [9.17, 15) is 4.39 Å². The Morgan fingerprint density at radius 3 is 2.71 bits per heavy atom. The van der Waals surface area contributed by atoms with Crippen LogP contribution in [0.3, 0.4) is 0 Å². The number of halogens is 1. The molecule has 0 fully saturated rings. The molecule has 0 radical (unpaired) electrons. The average Bonchev–Trinajstić information content (AvgIpc) is 2.45. The van der Waals surface area contributed by atoms with Crippen LogP contribution in [0.2, 0.25) is 0 Å². The lowest BCUT2D eigenvalue weighted by Crippen LogP contribution is -2.20. The minimum atomic E-state index is -0.331.